The fourth-order valence-corrected chi connectivity index (χ4v) is 3.43. The Morgan fingerprint density at radius 1 is 0.828 bits per heavy atom. The monoisotopic (exact) mass is 388 g/mol. The number of hydrogen-bond acceptors (Lipinski definition) is 4. The van der Waals surface area contributed by atoms with Crippen molar-refractivity contribution in [1.29, 1.82) is 0 Å². The smallest absolute Gasteiger partial charge is 0.241 e. The van der Waals surface area contributed by atoms with Gasteiger partial charge in [0.2, 0.25) is 5.91 Å². The number of pyridine rings is 2. The van der Waals surface area contributed by atoms with Gasteiger partial charge in [-0.3, -0.25) is 14.8 Å². The van der Waals surface area contributed by atoms with Crippen LogP contribution in [0.25, 0.3) is 0 Å². The minimum atomic E-state index is -0.382. The van der Waals surface area contributed by atoms with E-state index in [-0.39, 0.29) is 11.9 Å². The van der Waals surface area contributed by atoms with Gasteiger partial charge in [0.05, 0.1) is 0 Å². The summed E-state index contributed by atoms with van der Waals surface area (Å²) in [5.74, 6) is -0.00113. The molecule has 0 spiro atoms. The molecule has 29 heavy (non-hydrogen) atoms. The van der Waals surface area contributed by atoms with Gasteiger partial charge in [0.15, 0.2) is 0 Å². The lowest BCUT2D eigenvalue weighted by Crippen LogP contribution is -2.39. The fraction of sp³-hybridized carbons (Fsp3) is 0.292. The van der Waals surface area contributed by atoms with Crippen LogP contribution in [0.5, 0.6) is 0 Å². The number of benzene rings is 1. The molecule has 0 saturated carbocycles. The molecule has 1 unspecified atom stereocenters. The maximum atomic E-state index is 13.0. The van der Waals surface area contributed by atoms with Crippen LogP contribution in [0, 0.1) is 13.8 Å². The van der Waals surface area contributed by atoms with Crippen molar-refractivity contribution < 1.29 is 4.79 Å². The molecule has 2 aromatic heterocycles. The van der Waals surface area contributed by atoms with Crippen molar-refractivity contribution in [3.63, 3.8) is 0 Å². The molecular weight excluding hydrogens is 360 g/mol. The van der Waals surface area contributed by atoms with Crippen molar-refractivity contribution in [2.24, 2.45) is 0 Å². The average Bonchev–Trinajstić information content (AvgIpc) is 2.72. The highest BCUT2D eigenvalue weighted by Gasteiger charge is 2.20. The molecule has 1 atom stereocenters. The van der Waals surface area contributed by atoms with E-state index in [1.54, 1.807) is 24.8 Å². The van der Waals surface area contributed by atoms with E-state index in [1.807, 2.05) is 24.3 Å². The molecule has 0 aliphatic heterocycles. The Morgan fingerprint density at radius 3 is 1.90 bits per heavy atom. The Labute approximate surface area is 172 Å². The predicted octanol–water partition coefficient (Wildman–Crippen LogP) is 3.33. The molecule has 0 aliphatic rings. The number of amides is 1. The maximum Gasteiger partial charge on any atom is 0.241 e. The first-order valence-corrected chi connectivity index (χ1v) is 9.99. The molecule has 0 radical (unpaired) electrons. The summed E-state index contributed by atoms with van der Waals surface area (Å²) in [6.07, 6.45) is 8.76. The molecule has 0 bridgehead atoms. The zero-order valence-electron chi connectivity index (χ0n) is 17.1. The summed E-state index contributed by atoms with van der Waals surface area (Å²) in [6.45, 7) is 5.42. The summed E-state index contributed by atoms with van der Waals surface area (Å²) in [6, 6.07) is 13.9. The molecule has 5 heteroatoms. The zero-order chi connectivity index (χ0) is 20.5. The largest absolute Gasteiger partial charge is 0.354 e. The van der Waals surface area contributed by atoms with Crippen molar-refractivity contribution in [2.75, 3.05) is 13.1 Å². The molecule has 2 heterocycles. The Morgan fingerprint density at radius 2 is 1.34 bits per heavy atom. The van der Waals surface area contributed by atoms with Gasteiger partial charge in [-0.15, -0.1) is 0 Å². The first kappa shape index (κ1) is 20.7. The molecule has 1 aromatic carbocycles. The number of rotatable bonds is 9. The summed E-state index contributed by atoms with van der Waals surface area (Å²) in [5, 5.41) is 6.53. The minimum absolute atomic E-state index is 0.00113. The van der Waals surface area contributed by atoms with Crippen LogP contribution in [0.4, 0.5) is 0 Å². The SMILES string of the molecule is Cc1cc(C)cc(C(NCCc2ccncc2)C(=O)NCCc2ccncc2)c1. The van der Waals surface area contributed by atoms with E-state index >= 15 is 0 Å². The highest BCUT2D eigenvalue weighted by atomic mass is 16.2. The third-order valence-electron chi connectivity index (χ3n) is 4.81. The lowest BCUT2D eigenvalue weighted by atomic mass is 10.00. The van der Waals surface area contributed by atoms with Crippen LogP contribution in [-0.2, 0) is 17.6 Å². The van der Waals surface area contributed by atoms with Crippen molar-refractivity contribution in [3.8, 4) is 0 Å². The molecule has 5 nitrogen and oxygen atoms in total. The van der Waals surface area contributed by atoms with Crippen molar-refractivity contribution in [2.45, 2.75) is 32.7 Å². The van der Waals surface area contributed by atoms with Gasteiger partial charge in [0.1, 0.15) is 6.04 Å². The Bertz CT molecular complexity index is 892. The van der Waals surface area contributed by atoms with Gasteiger partial charge in [-0.05, 0) is 67.6 Å². The second-order valence-corrected chi connectivity index (χ2v) is 7.31. The van der Waals surface area contributed by atoms with Gasteiger partial charge in [-0.2, -0.15) is 0 Å². The van der Waals surface area contributed by atoms with Crippen LogP contribution >= 0.6 is 0 Å². The van der Waals surface area contributed by atoms with E-state index in [9.17, 15) is 4.79 Å². The van der Waals surface area contributed by atoms with E-state index in [1.165, 1.54) is 5.56 Å². The first-order chi connectivity index (χ1) is 14.1. The normalized spacial score (nSPS) is 11.8. The summed E-state index contributed by atoms with van der Waals surface area (Å²) in [4.78, 5) is 21.1. The lowest BCUT2D eigenvalue weighted by molar-refractivity contribution is -0.123. The van der Waals surface area contributed by atoms with E-state index in [2.05, 4.69) is 52.6 Å². The number of nitrogens with zero attached hydrogens (tertiary/aromatic N) is 2. The van der Waals surface area contributed by atoms with Crippen LogP contribution in [0.2, 0.25) is 0 Å². The van der Waals surface area contributed by atoms with E-state index in [0.29, 0.717) is 13.1 Å². The number of hydrogen-bond donors (Lipinski definition) is 2. The minimum Gasteiger partial charge on any atom is -0.354 e. The van der Waals surface area contributed by atoms with Crippen LogP contribution in [0.1, 0.15) is 33.9 Å². The third kappa shape index (κ3) is 6.50. The van der Waals surface area contributed by atoms with Gasteiger partial charge in [-0.25, -0.2) is 0 Å². The Balaban J connectivity index is 1.64. The van der Waals surface area contributed by atoms with Crippen LogP contribution in [0.3, 0.4) is 0 Å². The van der Waals surface area contributed by atoms with E-state index in [0.717, 1.165) is 35.1 Å². The molecule has 0 saturated heterocycles. The van der Waals surface area contributed by atoms with Gasteiger partial charge in [-0.1, -0.05) is 29.3 Å². The average molecular weight is 389 g/mol. The molecular formula is C24H28N4O. The number of aromatic nitrogens is 2. The van der Waals surface area contributed by atoms with Gasteiger partial charge >= 0.3 is 0 Å². The fourth-order valence-electron chi connectivity index (χ4n) is 3.43. The van der Waals surface area contributed by atoms with Crippen molar-refractivity contribution in [1.82, 2.24) is 20.6 Å². The molecule has 0 fully saturated rings. The van der Waals surface area contributed by atoms with E-state index < -0.39 is 0 Å². The highest BCUT2D eigenvalue weighted by molar-refractivity contribution is 5.83. The van der Waals surface area contributed by atoms with Crippen LogP contribution in [0.15, 0.2) is 67.3 Å². The maximum absolute atomic E-state index is 13.0. The summed E-state index contributed by atoms with van der Waals surface area (Å²) < 4.78 is 0. The molecule has 0 aliphatic carbocycles. The third-order valence-corrected chi connectivity index (χ3v) is 4.81. The number of nitrogens with one attached hydrogen (secondary N) is 2. The molecule has 150 valence electrons. The molecule has 3 aromatic rings. The quantitative estimate of drug-likeness (QED) is 0.590. The summed E-state index contributed by atoms with van der Waals surface area (Å²) in [7, 11) is 0. The van der Waals surface area contributed by atoms with Crippen molar-refractivity contribution >= 4 is 5.91 Å². The van der Waals surface area contributed by atoms with Crippen LogP contribution in [-0.4, -0.2) is 29.0 Å². The lowest BCUT2D eigenvalue weighted by Gasteiger charge is -2.20. The number of carbonyl (C=O) groups excluding carboxylic acids is 1. The molecule has 1 amide bonds. The zero-order valence-corrected chi connectivity index (χ0v) is 17.1. The summed E-state index contributed by atoms with van der Waals surface area (Å²) >= 11 is 0. The molecule has 2 N–H and O–H groups in total. The van der Waals surface area contributed by atoms with Crippen LogP contribution < -0.4 is 10.6 Å². The highest BCUT2D eigenvalue weighted by Crippen LogP contribution is 2.18. The molecule has 3 rings (SSSR count). The predicted molar refractivity (Wildman–Crippen MR) is 116 cm³/mol. The topological polar surface area (TPSA) is 66.9 Å². The van der Waals surface area contributed by atoms with Gasteiger partial charge < -0.3 is 10.6 Å². The Hall–Kier alpha value is -3.05. The second-order valence-electron chi connectivity index (χ2n) is 7.31. The summed E-state index contributed by atoms with van der Waals surface area (Å²) in [5.41, 5.74) is 5.67. The second kappa shape index (κ2) is 10.5. The number of aryl methyl sites for hydroxylation is 2. The van der Waals surface area contributed by atoms with Gasteiger partial charge in [0.25, 0.3) is 0 Å². The first-order valence-electron chi connectivity index (χ1n) is 9.99. The van der Waals surface area contributed by atoms with Crippen molar-refractivity contribution in [3.05, 3.63) is 95.1 Å². The van der Waals surface area contributed by atoms with Gasteiger partial charge in [0, 0.05) is 37.9 Å². The Kier molecular flexibility index (Phi) is 7.47. The van der Waals surface area contributed by atoms with E-state index in [4.69, 9.17) is 0 Å². The number of carbonyl (C=O) groups is 1. The standard InChI is InChI=1S/C24H28N4O/c1-18-15-19(2)17-22(16-18)23(27-13-7-20-3-9-25-10-4-20)24(29)28-14-8-21-5-11-26-12-6-21/h3-6,9-12,15-17,23,27H,7-8,13-14H2,1-2H3,(H,28,29).